The molecule has 1 heterocycles. The maximum Gasteiger partial charge on any atom is 0.197 e. The van der Waals surface area contributed by atoms with Gasteiger partial charge in [-0.1, -0.05) is 36.4 Å². The molecule has 0 fully saturated rings. The molecule has 1 aromatic heterocycles. The standard InChI is InChI=1S/C12H9NOS/c14-11(12-8-13-9-15-12)7-6-10-4-2-1-3-5-10/h1-9H. The highest BCUT2D eigenvalue weighted by Gasteiger charge is 2.01. The topological polar surface area (TPSA) is 30.0 Å². The minimum Gasteiger partial charge on any atom is -0.288 e. The molecule has 15 heavy (non-hydrogen) atoms. The van der Waals surface area contributed by atoms with Gasteiger partial charge >= 0.3 is 0 Å². The number of carbonyl (C=O) groups excluding carboxylic acids is 1. The first-order valence-corrected chi connectivity index (χ1v) is 5.40. The maximum absolute atomic E-state index is 11.6. The van der Waals surface area contributed by atoms with Gasteiger partial charge in [-0.15, -0.1) is 11.3 Å². The number of nitrogens with zero attached hydrogens (tertiary/aromatic N) is 1. The molecule has 0 aliphatic heterocycles. The maximum atomic E-state index is 11.6. The highest BCUT2D eigenvalue weighted by Crippen LogP contribution is 2.08. The van der Waals surface area contributed by atoms with Crippen LogP contribution < -0.4 is 0 Å². The highest BCUT2D eigenvalue weighted by molar-refractivity contribution is 7.11. The van der Waals surface area contributed by atoms with Crippen LogP contribution in [0.5, 0.6) is 0 Å². The van der Waals surface area contributed by atoms with Crippen LogP contribution in [0.1, 0.15) is 15.2 Å². The van der Waals surface area contributed by atoms with Crippen molar-refractivity contribution in [2.24, 2.45) is 0 Å². The first kappa shape index (κ1) is 9.80. The van der Waals surface area contributed by atoms with E-state index in [1.165, 1.54) is 11.3 Å². The van der Waals surface area contributed by atoms with Gasteiger partial charge in [0.2, 0.25) is 0 Å². The van der Waals surface area contributed by atoms with Crippen molar-refractivity contribution in [3.63, 3.8) is 0 Å². The predicted molar refractivity (Wildman–Crippen MR) is 61.9 cm³/mol. The molecular formula is C12H9NOS. The van der Waals surface area contributed by atoms with Gasteiger partial charge in [0.25, 0.3) is 0 Å². The molecule has 0 aliphatic carbocycles. The van der Waals surface area contributed by atoms with Crippen molar-refractivity contribution in [3.05, 3.63) is 58.6 Å². The van der Waals surface area contributed by atoms with Crippen molar-refractivity contribution >= 4 is 23.2 Å². The summed E-state index contributed by atoms with van der Waals surface area (Å²) in [7, 11) is 0. The number of rotatable bonds is 3. The van der Waals surface area contributed by atoms with Crippen molar-refractivity contribution in [2.45, 2.75) is 0 Å². The van der Waals surface area contributed by atoms with Gasteiger partial charge in [0.05, 0.1) is 10.4 Å². The van der Waals surface area contributed by atoms with Crippen molar-refractivity contribution in [1.82, 2.24) is 4.98 Å². The minimum atomic E-state index is 0.00125. The van der Waals surface area contributed by atoms with Crippen LogP contribution in [0.3, 0.4) is 0 Å². The molecular weight excluding hydrogens is 206 g/mol. The van der Waals surface area contributed by atoms with Crippen molar-refractivity contribution in [3.8, 4) is 0 Å². The van der Waals surface area contributed by atoms with Crippen LogP contribution in [0, 0.1) is 0 Å². The van der Waals surface area contributed by atoms with Gasteiger partial charge in [-0.2, -0.15) is 0 Å². The molecule has 0 amide bonds. The summed E-state index contributed by atoms with van der Waals surface area (Å²) < 4.78 is 0. The summed E-state index contributed by atoms with van der Waals surface area (Å²) in [6.07, 6.45) is 4.97. The molecule has 0 spiro atoms. The third-order valence-electron chi connectivity index (χ3n) is 1.90. The van der Waals surface area contributed by atoms with E-state index in [1.54, 1.807) is 17.8 Å². The zero-order chi connectivity index (χ0) is 10.5. The Morgan fingerprint density at radius 2 is 2.07 bits per heavy atom. The number of ketones is 1. The zero-order valence-corrected chi connectivity index (χ0v) is 8.78. The minimum absolute atomic E-state index is 0.00125. The Kier molecular flexibility index (Phi) is 3.05. The Labute approximate surface area is 91.9 Å². The molecule has 74 valence electrons. The quantitative estimate of drug-likeness (QED) is 0.582. The van der Waals surface area contributed by atoms with Crippen LogP contribution in [0.15, 0.2) is 48.1 Å². The van der Waals surface area contributed by atoms with Gasteiger partial charge in [0.1, 0.15) is 0 Å². The molecule has 0 saturated heterocycles. The summed E-state index contributed by atoms with van der Waals surface area (Å²) in [6, 6.07) is 9.74. The summed E-state index contributed by atoms with van der Waals surface area (Å²) in [4.78, 5) is 16.1. The summed E-state index contributed by atoms with van der Waals surface area (Å²) in [6.45, 7) is 0. The lowest BCUT2D eigenvalue weighted by molar-refractivity contribution is 0.105. The Morgan fingerprint density at radius 3 is 2.73 bits per heavy atom. The third-order valence-corrected chi connectivity index (χ3v) is 2.69. The van der Waals surface area contributed by atoms with E-state index in [0.717, 1.165) is 5.56 Å². The van der Waals surface area contributed by atoms with Gasteiger partial charge in [-0.25, -0.2) is 0 Å². The highest BCUT2D eigenvalue weighted by atomic mass is 32.1. The van der Waals surface area contributed by atoms with Crippen molar-refractivity contribution in [2.75, 3.05) is 0 Å². The Balaban J connectivity index is 2.10. The summed E-state index contributed by atoms with van der Waals surface area (Å²) >= 11 is 1.35. The monoisotopic (exact) mass is 215 g/mol. The van der Waals surface area contributed by atoms with Gasteiger partial charge in [-0.3, -0.25) is 9.78 Å². The molecule has 0 unspecified atom stereocenters. The Bertz CT molecular complexity index is 460. The van der Waals surface area contributed by atoms with E-state index in [1.807, 2.05) is 36.4 Å². The fourth-order valence-corrected chi connectivity index (χ4v) is 1.70. The van der Waals surface area contributed by atoms with Crippen LogP contribution in [0.4, 0.5) is 0 Å². The predicted octanol–water partition coefficient (Wildman–Crippen LogP) is 3.04. The second-order valence-corrected chi connectivity index (χ2v) is 3.86. The summed E-state index contributed by atoms with van der Waals surface area (Å²) in [5.41, 5.74) is 2.68. The normalized spacial score (nSPS) is 10.7. The van der Waals surface area contributed by atoms with E-state index in [4.69, 9.17) is 0 Å². The molecule has 0 radical (unpaired) electrons. The Hall–Kier alpha value is -1.74. The van der Waals surface area contributed by atoms with Crippen LogP contribution in [0.2, 0.25) is 0 Å². The number of hydrogen-bond acceptors (Lipinski definition) is 3. The van der Waals surface area contributed by atoms with Gasteiger partial charge in [-0.05, 0) is 11.6 Å². The molecule has 2 nitrogen and oxygen atoms in total. The second-order valence-electron chi connectivity index (χ2n) is 2.97. The zero-order valence-electron chi connectivity index (χ0n) is 7.96. The fourth-order valence-electron chi connectivity index (χ4n) is 1.16. The second kappa shape index (κ2) is 4.66. The van der Waals surface area contributed by atoms with E-state index in [2.05, 4.69) is 4.98 Å². The molecule has 0 bridgehead atoms. The number of carbonyl (C=O) groups is 1. The third kappa shape index (κ3) is 2.60. The molecule has 0 aliphatic rings. The van der Waals surface area contributed by atoms with Crippen LogP contribution >= 0.6 is 11.3 Å². The number of benzene rings is 1. The lowest BCUT2D eigenvalue weighted by Gasteiger charge is -1.90. The largest absolute Gasteiger partial charge is 0.288 e. The smallest absolute Gasteiger partial charge is 0.197 e. The Morgan fingerprint density at radius 1 is 1.27 bits per heavy atom. The average molecular weight is 215 g/mol. The lowest BCUT2D eigenvalue weighted by Crippen LogP contribution is -1.88. The molecule has 0 N–H and O–H groups in total. The number of hydrogen-bond donors (Lipinski definition) is 0. The van der Waals surface area contributed by atoms with Crippen molar-refractivity contribution < 1.29 is 4.79 Å². The van der Waals surface area contributed by atoms with E-state index < -0.39 is 0 Å². The fraction of sp³-hybridized carbons (Fsp3) is 0. The summed E-state index contributed by atoms with van der Waals surface area (Å²) in [5, 5.41) is 0. The number of thiazole rings is 1. The van der Waals surface area contributed by atoms with Crippen LogP contribution in [-0.4, -0.2) is 10.8 Å². The molecule has 2 aromatic rings. The van der Waals surface area contributed by atoms with Gasteiger partial charge < -0.3 is 0 Å². The van der Waals surface area contributed by atoms with E-state index >= 15 is 0 Å². The van der Waals surface area contributed by atoms with E-state index in [0.29, 0.717) is 4.88 Å². The summed E-state index contributed by atoms with van der Waals surface area (Å²) in [5.74, 6) is 0.00125. The molecule has 1 aromatic carbocycles. The van der Waals surface area contributed by atoms with Crippen LogP contribution in [0.25, 0.3) is 6.08 Å². The van der Waals surface area contributed by atoms with Gasteiger partial charge in [0.15, 0.2) is 5.78 Å². The SMILES string of the molecule is O=C(C=Cc1ccccc1)c1cncs1. The van der Waals surface area contributed by atoms with Gasteiger partial charge in [0, 0.05) is 6.20 Å². The molecule has 0 atom stereocenters. The van der Waals surface area contributed by atoms with E-state index in [9.17, 15) is 4.79 Å². The van der Waals surface area contributed by atoms with Crippen LogP contribution in [-0.2, 0) is 0 Å². The first-order chi connectivity index (χ1) is 7.36. The van der Waals surface area contributed by atoms with Crippen molar-refractivity contribution in [1.29, 1.82) is 0 Å². The molecule has 0 saturated carbocycles. The number of aromatic nitrogens is 1. The average Bonchev–Trinajstić information content (AvgIpc) is 2.81. The van der Waals surface area contributed by atoms with E-state index in [-0.39, 0.29) is 5.78 Å². The first-order valence-electron chi connectivity index (χ1n) is 4.52. The number of allylic oxidation sites excluding steroid dienone is 1. The molecule has 2 rings (SSSR count). The molecule has 3 heteroatoms. The lowest BCUT2D eigenvalue weighted by atomic mass is 10.2.